The van der Waals surface area contributed by atoms with Gasteiger partial charge in [0.1, 0.15) is 6.54 Å². The summed E-state index contributed by atoms with van der Waals surface area (Å²) in [4.78, 5) is 36.5. The summed E-state index contributed by atoms with van der Waals surface area (Å²) in [6.45, 7) is 1.90. The highest BCUT2D eigenvalue weighted by Gasteiger charge is 2.25. The summed E-state index contributed by atoms with van der Waals surface area (Å²) in [7, 11) is 0. The molecule has 1 saturated heterocycles. The van der Waals surface area contributed by atoms with Gasteiger partial charge in [-0.05, 0) is 31.2 Å². The first-order chi connectivity index (χ1) is 10.5. The molecule has 2 amide bonds. The van der Waals surface area contributed by atoms with Crippen molar-refractivity contribution >= 4 is 50.5 Å². The minimum Gasteiger partial charge on any atom is -0.451 e. The van der Waals surface area contributed by atoms with Gasteiger partial charge >= 0.3 is 5.97 Å². The number of thioether (sulfide) groups is 1. The zero-order valence-electron chi connectivity index (χ0n) is 11.9. The van der Waals surface area contributed by atoms with Gasteiger partial charge in [-0.25, -0.2) is 0 Å². The maximum Gasteiger partial charge on any atom is 0.326 e. The van der Waals surface area contributed by atoms with E-state index in [-0.39, 0.29) is 11.8 Å². The molecule has 1 fully saturated rings. The molecule has 0 radical (unpaired) electrons. The van der Waals surface area contributed by atoms with Crippen molar-refractivity contribution in [1.82, 2.24) is 4.90 Å². The number of rotatable bonds is 5. The third-order valence-corrected chi connectivity index (χ3v) is 4.37. The third-order valence-electron chi connectivity index (χ3n) is 2.95. The van der Waals surface area contributed by atoms with E-state index in [0.717, 1.165) is 4.47 Å². The SMILES string of the molecule is C[C@H](OC(=O)CN1CCSC1=O)C(=O)Nc1ccc(Br)cc1. The van der Waals surface area contributed by atoms with Crippen LogP contribution in [0.1, 0.15) is 6.92 Å². The molecule has 0 saturated carbocycles. The molecule has 1 aliphatic heterocycles. The monoisotopic (exact) mass is 386 g/mol. The van der Waals surface area contributed by atoms with Gasteiger partial charge in [-0.2, -0.15) is 0 Å². The number of halogens is 1. The largest absolute Gasteiger partial charge is 0.451 e. The Hall–Kier alpha value is -1.54. The van der Waals surface area contributed by atoms with Gasteiger partial charge in [0.25, 0.3) is 11.1 Å². The van der Waals surface area contributed by atoms with Gasteiger partial charge in [0.2, 0.25) is 0 Å². The van der Waals surface area contributed by atoms with Crippen LogP contribution in [-0.2, 0) is 14.3 Å². The molecule has 0 spiro atoms. The number of esters is 1. The molecular formula is C14H15BrN2O4S. The number of amides is 2. The lowest BCUT2D eigenvalue weighted by Crippen LogP contribution is -2.36. The van der Waals surface area contributed by atoms with Crippen molar-refractivity contribution < 1.29 is 19.1 Å². The maximum atomic E-state index is 11.9. The first kappa shape index (κ1) is 16.8. The Kier molecular flexibility index (Phi) is 5.84. The Morgan fingerprint density at radius 1 is 1.41 bits per heavy atom. The minimum absolute atomic E-state index is 0.123. The van der Waals surface area contributed by atoms with Gasteiger partial charge in [-0.1, -0.05) is 27.7 Å². The summed E-state index contributed by atoms with van der Waals surface area (Å²) in [5.74, 6) is -0.335. The van der Waals surface area contributed by atoms with Gasteiger partial charge in [0, 0.05) is 22.5 Å². The van der Waals surface area contributed by atoms with Gasteiger partial charge in [-0.15, -0.1) is 0 Å². The molecular weight excluding hydrogens is 372 g/mol. The first-order valence-corrected chi connectivity index (χ1v) is 8.41. The Labute approximate surface area is 140 Å². The molecule has 0 bridgehead atoms. The van der Waals surface area contributed by atoms with Crippen LogP contribution in [0, 0.1) is 0 Å². The molecule has 0 aliphatic carbocycles. The highest BCUT2D eigenvalue weighted by molar-refractivity contribution is 9.10. The van der Waals surface area contributed by atoms with Crippen molar-refractivity contribution in [1.29, 1.82) is 0 Å². The molecule has 0 aromatic heterocycles. The number of benzene rings is 1. The lowest BCUT2D eigenvalue weighted by atomic mass is 10.3. The summed E-state index contributed by atoms with van der Waals surface area (Å²) < 4.78 is 5.96. The fraction of sp³-hybridized carbons (Fsp3) is 0.357. The third kappa shape index (κ3) is 4.74. The Bertz CT molecular complexity index is 579. The van der Waals surface area contributed by atoms with Crippen LogP contribution in [0.4, 0.5) is 10.5 Å². The number of carbonyl (C=O) groups is 3. The lowest BCUT2D eigenvalue weighted by Gasteiger charge is -2.17. The van der Waals surface area contributed by atoms with Crippen LogP contribution in [0.25, 0.3) is 0 Å². The molecule has 1 heterocycles. The van der Waals surface area contributed by atoms with Gasteiger partial charge in [0.15, 0.2) is 6.10 Å². The van der Waals surface area contributed by atoms with Crippen LogP contribution >= 0.6 is 27.7 Å². The molecule has 0 unspecified atom stereocenters. The highest BCUT2D eigenvalue weighted by Crippen LogP contribution is 2.17. The normalized spacial score (nSPS) is 15.5. The number of ether oxygens (including phenoxy) is 1. The molecule has 1 N–H and O–H groups in total. The molecule has 6 nitrogen and oxygen atoms in total. The van der Waals surface area contributed by atoms with Gasteiger partial charge in [-0.3, -0.25) is 14.4 Å². The van der Waals surface area contributed by atoms with Crippen molar-refractivity contribution in [2.75, 3.05) is 24.2 Å². The predicted octanol–water partition coefficient (Wildman–Crippen LogP) is 2.49. The van der Waals surface area contributed by atoms with Crippen LogP contribution < -0.4 is 5.32 Å². The van der Waals surface area contributed by atoms with Crippen molar-refractivity contribution in [3.63, 3.8) is 0 Å². The summed E-state index contributed by atoms with van der Waals surface area (Å²) >= 11 is 4.48. The lowest BCUT2D eigenvalue weighted by molar-refractivity contribution is -0.153. The quantitative estimate of drug-likeness (QED) is 0.786. The number of anilines is 1. The summed E-state index contributed by atoms with van der Waals surface area (Å²) in [5.41, 5.74) is 0.613. The smallest absolute Gasteiger partial charge is 0.326 e. The minimum atomic E-state index is -0.929. The van der Waals surface area contributed by atoms with Crippen molar-refractivity contribution in [3.8, 4) is 0 Å². The molecule has 1 aromatic rings. The van der Waals surface area contributed by atoms with Crippen molar-refractivity contribution in [3.05, 3.63) is 28.7 Å². The van der Waals surface area contributed by atoms with E-state index in [2.05, 4.69) is 21.2 Å². The Morgan fingerprint density at radius 2 is 2.09 bits per heavy atom. The van der Waals surface area contributed by atoms with E-state index in [1.165, 1.54) is 23.6 Å². The summed E-state index contributed by atoms with van der Waals surface area (Å²) in [6.07, 6.45) is -0.929. The molecule has 1 aliphatic rings. The van der Waals surface area contributed by atoms with E-state index >= 15 is 0 Å². The number of hydrogen-bond acceptors (Lipinski definition) is 5. The fourth-order valence-corrected chi connectivity index (χ4v) is 2.88. The van der Waals surface area contributed by atoms with E-state index in [9.17, 15) is 14.4 Å². The predicted molar refractivity (Wildman–Crippen MR) is 87.8 cm³/mol. The number of hydrogen-bond donors (Lipinski definition) is 1. The topological polar surface area (TPSA) is 75.7 Å². The molecule has 1 atom stereocenters. The fourth-order valence-electron chi connectivity index (χ4n) is 1.79. The molecule has 1 aromatic carbocycles. The van der Waals surface area contributed by atoms with Gasteiger partial charge < -0.3 is 15.0 Å². The molecule has 22 heavy (non-hydrogen) atoms. The molecule has 2 rings (SSSR count). The van der Waals surface area contributed by atoms with Crippen LogP contribution in [0.3, 0.4) is 0 Å². The van der Waals surface area contributed by atoms with Crippen LogP contribution in [0.5, 0.6) is 0 Å². The standard InChI is InChI=1S/C14H15BrN2O4S/c1-9(13(19)16-11-4-2-10(15)3-5-11)21-12(18)8-17-6-7-22-14(17)20/h2-5,9H,6-8H2,1H3,(H,16,19)/t9-/m0/s1. The van der Waals surface area contributed by atoms with E-state index in [0.29, 0.717) is 18.0 Å². The second-order valence-corrected chi connectivity index (χ2v) is 6.63. The van der Waals surface area contributed by atoms with E-state index in [1.54, 1.807) is 24.3 Å². The Morgan fingerprint density at radius 3 is 2.68 bits per heavy atom. The number of carbonyl (C=O) groups excluding carboxylic acids is 3. The molecule has 8 heteroatoms. The average molecular weight is 387 g/mol. The van der Waals surface area contributed by atoms with Crippen LogP contribution in [-0.4, -0.2) is 47.0 Å². The number of nitrogens with zero attached hydrogens (tertiary/aromatic N) is 1. The summed E-state index contributed by atoms with van der Waals surface area (Å²) in [5, 5.41) is 2.52. The zero-order valence-corrected chi connectivity index (χ0v) is 14.3. The van der Waals surface area contributed by atoms with E-state index in [4.69, 9.17) is 4.74 Å². The second kappa shape index (κ2) is 7.64. The van der Waals surface area contributed by atoms with Crippen LogP contribution in [0.2, 0.25) is 0 Å². The van der Waals surface area contributed by atoms with Gasteiger partial charge in [0.05, 0.1) is 0 Å². The molecule has 118 valence electrons. The number of nitrogens with one attached hydrogen (secondary N) is 1. The summed E-state index contributed by atoms with van der Waals surface area (Å²) in [6, 6.07) is 7.05. The van der Waals surface area contributed by atoms with E-state index < -0.39 is 18.0 Å². The van der Waals surface area contributed by atoms with Crippen molar-refractivity contribution in [2.24, 2.45) is 0 Å². The van der Waals surface area contributed by atoms with E-state index in [1.807, 2.05) is 0 Å². The zero-order chi connectivity index (χ0) is 16.1. The first-order valence-electron chi connectivity index (χ1n) is 6.63. The Balaban J connectivity index is 1.81. The van der Waals surface area contributed by atoms with Crippen LogP contribution in [0.15, 0.2) is 28.7 Å². The average Bonchev–Trinajstić information content (AvgIpc) is 2.86. The maximum absolute atomic E-state index is 11.9. The second-order valence-electron chi connectivity index (χ2n) is 4.66. The highest BCUT2D eigenvalue weighted by atomic mass is 79.9. The van der Waals surface area contributed by atoms with Crippen molar-refractivity contribution in [2.45, 2.75) is 13.0 Å².